The van der Waals surface area contributed by atoms with Crippen LogP contribution in [0.25, 0.3) is 0 Å². The summed E-state index contributed by atoms with van der Waals surface area (Å²) in [4.78, 5) is 28.7. The van der Waals surface area contributed by atoms with Gasteiger partial charge in [-0.25, -0.2) is 8.42 Å². The third-order valence-electron chi connectivity index (χ3n) is 12.2. The molecule has 1 saturated heterocycles. The molecular weight excluding hydrogens is 803 g/mol. The van der Waals surface area contributed by atoms with Crippen molar-refractivity contribution in [1.29, 1.82) is 0 Å². The van der Waals surface area contributed by atoms with Crippen LogP contribution in [-0.2, 0) is 46.8 Å². The lowest BCUT2D eigenvalue weighted by Crippen LogP contribution is -2.44. The fraction of sp³-hybridized carbons (Fsp3) is 0.490. The van der Waals surface area contributed by atoms with Crippen LogP contribution in [0.4, 0.5) is 0 Å². The number of carbonyl (C=O) groups excluding carboxylic acids is 2. The molecule has 5 rings (SSSR count). The number of rotatable bonds is 22. The second kappa shape index (κ2) is 22.1. The molecule has 1 aliphatic rings. The molecule has 336 valence electrons. The molecule has 0 amide bonds. The molecule has 0 saturated carbocycles. The van der Waals surface area contributed by atoms with Gasteiger partial charge in [0.05, 0.1) is 36.5 Å². The fourth-order valence-corrected chi connectivity index (χ4v) is 10.8. The van der Waals surface area contributed by atoms with E-state index in [0.29, 0.717) is 60.7 Å². The summed E-state index contributed by atoms with van der Waals surface area (Å²) < 4.78 is 61.3. The standard InChI is InChI=1S/C51H67NO9S/c1-33(2)42(28-40-22-23-45(58-10)47(29-40)59-25-17-24-57-9)30-44(46-31-43(34(3)4)50(53)60-46)51(54)61-48(41-20-15-12-16-21-41)38(8)52(32-39-18-13-11-14-19-39)62(55,56)49-36(6)26-35(5)27-37(49)7/h11-16,18-23,26-27,29,33-34,38,42-44,46,48H,17,24-25,28,30-32H2,1-10H3/t38-,42+,43+,44+,46+,48-/m1/s1. The summed E-state index contributed by atoms with van der Waals surface area (Å²) >= 11 is 0. The van der Waals surface area contributed by atoms with Crippen LogP contribution in [-0.4, -0.2) is 64.2 Å². The molecule has 10 nitrogen and oxygen atoms in total. The van der Waals surface area contributed by atoms with Gasteiger partial charge in [0.1, 0.15) is 12.2 Å². The molecular formula is C51H67NO9S. The first-order valence-electron chi connectivity index (χ1n) is 21.9. The first kappa shape index (κ1) is 48.3. The van der Waals surface area contributed by atoms with Gasteiger partial charge in [-0.15, -0.1) is 0 Å². The normalized spacial score (nSPS) is 17.5. The van der Waals surface area contributed by atoms with E-state index in [-0.39, 0.29) is 41.1 Å². The van der Waals surface area contributed by atoms with Gasteiger partial charge in [-0.1, -0.05) is 112 Å². The number of carbonyl (C=O) groups is 2. The third-order valence-corrected chi connectivity index (χ3v) is 14.4. The van der Waals surface area contributed by atoms with Gasteiger partial charge in [0.2, 0.25) is 10.0 Å². The number of benzene rings is 4. The molecule has 0 aromatic heterocycles. The number of cyclic esters (lactones) is 1. The molecule has 0 aliphatic carbocycles. The molecule has 6 atom stereocenters. The van der Waals surface area contributed by atoms with Crippen LogP contribution in [0, 0.1) is 50.4 Å². The summed E-state index contributed by atoms with van der Waals surface area (Å²) in [6.45, 7) is 16.7. The van der Waals surface area contributed by atoms with E-state index in [0.717, 1.165) is 23.1 Å². The Hall–Kier alpha value is -4.71. The van der Waals surface area contributed by atoms with Crippen molar-refractivity contribution in [1.82, 2.24) is 4.31 Å². The predicted molar refractivity (Wildman–Crippen MR) is 243 cm³/mol. The molecule has 4 aromatic rings. The van der Waals surface area contributed by atoms with Gasteiger partial charge in [0.15, 0.2) is 11.5 Å². The van der Waals surface area contributed by atoms with E-state index < -0.39 is 40.2 Å². The molecule has 4 aromatic carbocycles. The maximum Gasteiger partial charge on any atom is 0.313 e. The van der Waals surface area contributed by atoms with Crippen molar-refractivity contribution in [2.75, 3.05) is 27.4 Å². The first-order valence-corrected chi connectivity index (χ1v) is 23.4. The van der Waals surface area contributed by atoms with E-state index in [9.17, 15) is 4.79 Å². The highest BCUT2D eigenvalue weighted by molar-refractivity contribution is 7.89. The number of esters is 2. The SMILES string of the molecule is COCCCOc1cc(C[C@@H](C[C@H](C(=O)O[C@@H](c2ccccc2)[C@@H](C)N(Cc2ccccc2)S(=O)(=O)c2c(C)cc(C)cc2C)[C@@H]2C[C@@H](C(C)C)C(=O)O2)C(C)C)ccc1OC. The lowest BCUT2D eigenvalue weighted by atomic mass is 9.78. The smallest absolute Gasteiger partial charge is 0.313 e. The van der Waals surface area contributed by atoms with Crippen molar-refractivity contribution < 1.29 is 41.7 Å². The summed E-state index contributed by atoms with van der Waals surface area (Å²) in [6, 6.07) is 27.6. The number of nitrogens with zero attached hydrogens (tertiary/aromatic N) is 1. The zero-order valence-electron chi connectivity index (χ0n) is 38.3. The molecule has 11 heteroatoms. The monoisotopic (exact) mass is 869 g/mol. The average Bonchev–Trinajstić information content (AvgIpc) is 3.63. The van der Waals surface area contributed by atoms with Crippen molar-refractivity contribution in [3.63, 3.8) is 0 Å². The predicted octanol–water partition coefficient (Wildman–Crippen LogP) is 10.0. The largest absolute Gasteiger partial charge is 0.493 e. The van der Waals surface area contributed by atoms with Crippen LogP contribution < -0.4 is 9.47 Å². The Kier molecular flexibility index (Phi) is 17.2. The summed E-state index contributed by atoms with van der Waals surface area (Å²) in [7, 11) is -0.887. The number of aryl methyl sites for hydroxylation is 3. The van der Waals surface area contributed by atoms with Crippen LogP contribution in [0.5, 0.6) is 11.5 Å². The number of hydrogen-bond acceptors (Lipinski definition) is 9. The van der Waals surface area contributed by atoms with Crippen LogP contribution >= 0.6 is 0 Å². The fourth-order valence-electron chi connectivity index (χ4n) is 8.74. The maximum atomic E-state index is 15.1. The van der Waals surface area contributed by atoms with Crippen LogP contribution in [0.2, 0.25) is 0 Å². The van der Waals surface area contributed by atoms with E-state index in [4.69, 9.17) is 23.7 Å². The van der Waals surface area contributed by atoms with E-state index in [1.165, 1.54) is 4.31 Å². The molecule has 0 bridgehead atoms. The van der Waals surface area contributed by atoms with Crippen LogP contribution in [0.15, 0.2) is 95.9 Å². The van der Waals surface area contributed by atoms with Crippen molar-refractivity contribution >= 4 is 22.0 Å². The van der Waals surface area contributed by atoms with E-state index in [1.807, 2.05) is 126 Å². The average molecular weight is 870 g/mol. The number of methoxy groups -OCH3 is 2. The van der Waals surface area contributed by atoms with Crippen molar-refractivity contribution in [2.45, 2.75) is 111 Å². The quantitative estimate of drug-likeness (QED) is 0.0562. The minimum absolute atomic E-state index is 0.0224. The summed E-state index contributed by atoms with van der Waals surface area (Å²) in [6.07, 6.45) is 0.376. The highest BCUT2D eigenvalue weighted by Crippen LogP contribution is 2.40. The van der Waals surface area contributed by atoms with Gasteiger partial charge in [-0.05, 0) is 105 Å². The van der Waals surface area contributed by atoms with Gasteiger partial charge in [-0.2, -0.15) is 4.31 Å². The minimum Gasteiger partial charge on any atom is -0.493 e. The van der Waals surface area contributed by atoms with Crippen molar-refractivity contribution in [2.24, 2.45) is 29.6 Å². The number of sulfonamides is 1. The molecule has 0 spiro atoms. The Morgan fingerprint density at radius 1 is 0.823 bits per heavy atom. The zero-order chi connectivity index (χ0) is 45.1. The lowest BCUT2D eigenvalue weighted by Gasteiger charge is -2.36. The second-order valence-electron chi connectivity index (χ2n) is 17.6. The summed E-state index contributed by atoms with van der Waals surface area (Å²) in [5.41, 5.74) is 4.71. The van der Waals surface area contributed by atoms with Gasteiger partial charge < -0.3 is 23.7 Å². The Bertz CT molecular complexity index is 2170. The highest BCUT2D eigenvalue weighted by atomic mass is 32.2. The molecule has 0 N–H and O–H groups in total. The van der Waals surface area contributed by atoms with E-state index in [2.05, 4.69) is 13.8 Å². The van der Waals surface area contributed by atoms with Crippen LogP contribution in [0.1, 0.15) is 93.4 Å². The van der Waals surface area contributed by atoms with E-state index >= 15 is 13.2 Å². The third kappa shape index (κ3) is 12.1. The van der Waals surface area contributed by atoms with Crippen molar-refractivity contribution in [3.8, 4) is 11.5 Å². The van der Waals surface area contributed by atoms with E-state index in [1.54, 1.807) is 21.1 Å². The van der Waals surface area contributed by atoms with Gasteiger partial charge in [-0.3, -0.25) is 9.59 Å². The van der Waals surface area contributed by atoms with Gasteiger partial charge >= 0.3 is 11.9 Å². The molecule has 1 fully saturated rings. The number of ether oxygens (including phenoxy) is 5. The highest BCUT2D eigenvalue weighted by Gasteiger charge is 2.46. The Morgan fingerprint density at radius 3 is 2.05 bits per heavy atom. The Morgan fingerprint density at radius 2 is 1.47 bits per heavy atom. The first-order chi connectivity index (χ1) is 29.5. The second-order valence-corrected chi connectivity index (χ2v) is 19.4. The molecule has 0 radical (unpaired) electrons. The maximum absolute atomic E-state index is 15.1. The summed E-state index contributed by atoms with van der Waals surface area (Å²) in [5.74, 6) is -0.642. The Labute approximate surface area is 370 Å². The molecule has 1 heterocycles. The topological polar surface area (TPSA) is 118 Å². The van der Waals surface area contributed by atoms with Gasteiger partial charge in [0.25, 0.3) is 0 Å². The zero-order valence-corrected chi connectivity index (χ0v) is 39.1. The lowest BCUT2D eigenvalue weighted by molar-refractivity contribution is -0.165. The molecule has 0 unspecified atom stereocenters. The van der Waals surface area contributed by atoms with Crippen LogP contribution in [0.3, 0.4) is 0 Å². The molecule has 62 heavy (non-hydrogen) atoms. The Balaban J connectivity index is 1.54. The molecule has 1 aliphatic heterocycles. The summed E-state index contributed by atoms with van der Waals surface area (Å²) in [5, 5.41) is 0. The van der Waals surface area contributed by atoms with Gasteiger partial charge in [0, 0.05) is 26.7 Å². The minimum atomic E-state index is -4.16. The number of hydrogen-bond donors (Lipinski definition) is 0. The van der Waals surface area contributed by atoms with Crippen molar-refractivity contribution in [3.05, 3.63) is 124 Å².